The van der Waals surface area contributed by atoms with E-state index in [-0.39, 0.29) is 17.7 Å². The number of hydrogen-bond acceptors (Lipinski definition) is 4. The van der Waals surface area contributed by atoms with Gasteiger partial charge in [0.1, 0.15) is 17.5 Å². The minimum absolute atomic E-state index is 0.0952. The second-order valence-electron chi connectivity index (χ2n) is 7.10. The Hall–Kier alpha value is -3.02. The summed E-state index contributed by atoms with van der Waals surface area (Å²) in [7, 11) is 3.04. The van der Waals surface area contributed by atoms with E-state index in [1.807, 2.05) is 45.9 Å². The number of anilines is 1. The van der Waals surface area contributed by atoms with Crippen molar-refractivity contribution in [3.05, 3.63) is 53.1 Å². The largest absolute Gasteiger partial charge is 0.497 e. The monoisotopic (exact) mass is 384 g/mol. The molecule has 2 amide bonds. The molecule has 6 heteroatoms. The standard InChI is InChI=1S/C22H28N2O4/c1-13(2)20(22(26)23-19-8-7-14(3)9-15(19)4)24-21(25)16-10-17(27-5)12-18(11-16)28-6/h7-13,20H,1-6H3,(H,23,26)(H,24,25)/t20-/m0/s1. The Kier molecular flexibility index (Phi) is 7.04. The first-order valence-electron chi connectivity index (χ1n) is 9.17. The van der Waals surface area contributed by atoms with Crippen molar-refractivity contribution in [3.8, 4) is 11.5 Å². The van der Waals surface area contributed by atoms with Crippen LogP contribution in [0.2, 0.25) is 0 Å². The molecular formula is C22H28N2O4. The van der Waals surface area contributed by atoms with Crippen LogP contribution in [-0.2, 0) is 4.79 Å². The molecule has 0 spiro atoms. The van der Waals surface area contributed by atoms with Gasteiger partial charge in [-0.05, 0) is 43.5 Å². The summed E-state index contributed by atoms with van der Waals surface area (Å²) in [6.07, 6.45) is 0. The van der Waals surface area contributed by atoms with E-state index < -0.39 is 6.04 Å². The smallest absolute Gasteiger partial charge is 0.252 e. The number of amides is 2. The van der Waals surface area contributed by atoms with E-state index in [0.29, 0.717) is 17.1 Å². The summed E-state index contributed by atoms with van der Waals surface area (Å²) in [4.78, 5) is 25.6. The number of methoxy groups -OCH3 is 2. The van der Waals surface area contributed by atoms with Gasteiger partial charge in [-0.3, -0.25) is 9.59 Å². The first-order chi connectivity index (χ1) is 13.2. The Bertz CT molecular complexity index is 839. The van der Waals surface area contributed by atoms with Gasteiger partial charge in [-0.1, -0.05) is 31.5 Å². The van der Waals surface area contributed by atoms with E-state index >= 15 is 0 Å². The Morgan fingerprint density at radius 1 is 0.929 bits per heavy atom. The quantitative estimate of drug-likeness (QED) is 0.763. The van der Waals surface area contributed by atoms with Crippen LogP contribution in [0.1, 0.15) is 35.3 Å². The normalized spacial score (nSPS) is 11.7. The van der Waals surface area contributed by atoms with Crippen molar-refractivity contribution >= 4 is 17.5 Å². The predicted molar refractivity (Wildman–Crippen MR) is 110 cm³/mol. The average molecular weight is 384 g/mol. The fourth-order valence-electron chi connectivity index (χ4n) is 2.86. The van der Waals surface area contributed by atoms with Gasteiger partial charge in [-0.15, -0.1) is 0 Å². The zero-order valence-electron chi connectivity index (χ0n) is 17.3. The number of hydrogen-bond donors (Lipinski definition) is 2. The molecule has 0 saturated carbocycles. The van der Waals surface area contributed by atoms with Gasteiger partial charge in [0.05, 0.1) is 14.2 Å². The van der Waals surface area contributed by atoms with Crippen molar-refractivity contribution < 1.29 is 19.1 Å². The maximum absolute atomic E-state index is 12.8. The number of rotatable bonds is 7. The molecule has 2 aromatic carbocycles. The molecule has 2 rings (SSSR count). The molecule has 150 valence electrons. The highest BCUT2D eigenvalue weighted by atomic mass is 16.5. The van der Waals surface area contributed by atoms with Crippen LogP contribution in [0.25, 0.3) is 0 Å². The molecule has 2 N–H and O–H groups in total. The topological polar surface area (TPSA) is 76.7 Å². The van der Waals surface area contributed by atoms with Crippen molar-refractivity contribution in [2.45, 2.75) is 33.7 Å². The Labute approximate surface area is 166 Å². The summed E-state index contributed by atoms with van der Waals surface area (Å²) >= 11 is 0. The second-order valence-corrected chi connectivity index (χ2v) is 7.10. The van der Waals surface area contributed by atoms with Crippen LogP contribution in [0.5, 0.6) is 11.5 Å². The average Bonchev–Trinajstić information content (AvgIpc) is 2.67. The van der Waals surface area contributed by atoms with Gasteiger partial charge in [0.15, 0.2) is 0 Å². The highest BCUT2D eigenvalue weighted by Crippen LogP contribution is 2.23. The molecule has 2 aromatic rings. The fraction of sp³-hybridized carbons (Fsp3) is 0.364. The maximum atomic E-state index is 12.8. The minimum atomic E-state index is -0.689. The summed E-state index contributed by atoms with van der Waals surface area (Å²) in [5.74, 6) is 0.287. The molecular weight excluding hydrogens is 356 g/mol. The van der Waals surface area contributed by atoms with Crippen molar-refractivity contribution in [3.63, 3.8) is 0 Å². The van der Waals surface area contributed by atoms with Gasteiger partial charge in [0.2, 0.25) is 5.91 Å². The zero-order chi connectivity index (χ0) is 20.8. The zero-order valence-corrected chi connectivity index (χ0v) is 17.3. The Morgan fingerprint density at radius 2 is 1.54 bits per heavy atom. The van der Waals surface area contributed by atoms with Crippen LogP contribution in [0.4, 0.5) is 5.69 Å². The summed E-state index contributed by atoms with van der Waals surface area (Å²) in [6.45, 7) is 7.71. The van der Waals surface area contributed by atoms with E-state index in [4.69, 9.17) is 9.47 Å². The van der Waals surface area contributed by atoms with Crippen molar-refractivity contribution in [2.24, 2.45) is 5.92 Å². The summed E-state index contributed by atoms with van der Waals surface area (Å²) in [5, 5.41) is 5.74. The Balaban J connectivity index is 2.20. The third-order valence-electron chi connectivity index (χ3n) is 4.49. The fourth-order valence-corrected chi connectivity index (χ4v) is 2.86. The lowest BCUT2D eigenvalue weighted by molar-refractivity contribution is -0.118. The summed E-state index contributed by atoms with van der Waals surface area (Å²) in [6, 6.07) is 10.0. The highest BCUT2D eigenvalue weighted by Gasteiger charge is 2.25. The molecule has 6 nitrogen and oxygen atoms in total. The second kappa shape index (κ2) is 9.26. The van der Waals surface area contributed by atoms with Gasteiger partial charge in [0, 0.05) is 17.3 Å². The molecule has 0 radical (unpaired) electrons. The highest BCUT2D eigenvalue weighted by molar-refractivity contribution is 6.01. The van der Waals surface area contributed by atoms with Gasteiger partial charge >= 0.3 is 0 Å². The molecule has 0 aliphatic rings. The predicted octanol–water partition coefficient (Wildman–Crippen LogP) is 3.71. The number of ether oxygens (including phenoxy) is 2. The number of carbonyl (C=O) groups is 2. The van der Waals surface area contributed by atoms with Gasteiger partial charge < -0.3 is 20.1 Å². The molecule has 0 aromatic heterocycles. The molecule has 0 aliphatic heterocycles. The number of aryl methyl sites for hydroxylation is 2. The van der Waals surface area contributed by atoms with E-state index in [0.717, 1.165) is 16.8 Å². The molecule has 0 fully saturated rings. The van der Waals surface area contributed by atoms with E-state index in [2.05, 4.69) is 10.6 Å². The van der Waals surface area contributed by atoms with Crippen molar-refractivity contribution in [2.75, 3.05) is 19.5 Å². The van der Waals surface area contributed by atoms with Crippen LogP contribution in [0, 0.1) is 19.8 Å². The minimum Gasteiger partial charge on any atom is -0.497 e. The van der Waals surface area contributed by atoms with E-state index in [1.165, 1.54) is 14.2 Å². The molecule has 0 saturated heterocycles. The van der Waals surface area contributed by atoms with Crippen molar-refractivity contribution in [1.29, 1.82) is 0 Å². The molecule has 1 atom stereocenters. The lowest BCUT2D eigenvalue weighted by Crippen LogP contribution is -2.47. The van der Waals surface area contributed by atoms with Crippen LogP contribution in [-0.4, -0.2) is 32.1 Å². The number of benzene rings is 2. The summed E-state index contributed by atoms with van der Waals surface area (Å²) in [5.41, 5.74) is 3.19. The summed E-state index contributed by atoms with van der Waals surface area (Å²) < 4.78 is 10.4. The first kappa shape index (κ1) is 21.3. The van der Waals surface area contributed by atoms with Crippen LogP contribution < -0.4 is 20.1 Å². The van der Waals surface area contributed by atoms with Gasteiger partial charge in [-0.2, -0.15) is 0 Å². The molecule has 0 heterocycles. The molecule has 0 bridgehead atoms. The Morgan fingerprint density at radius 3 is 2.04 bits per heavy atom. The molecule has 0 unspecified atom stereocenters. The van der Waals surface area contributed by atoms with Crippen molar-refractivity contribution in [1.82, 2.24) is 5.32 Å². The number of nitrogens with one attached hydrogen (secondary N) is 2. The SMILES string of the molecule is COc1cc(OC)cc(C(=O)N[C@H](C(=O)Nc2ccc(C)cc2C)C(C)C)c1. The third-order valence-corrected chi connectivity index (χ3v) is 4.49. The maximum Gasteiger partial charge on any atom is 0.252 e. The van der Waals surface area contributed by atoms with E-state index in [1.54, 1.807) is 18.2 Å². The molecule has 0 aliphatic carbocycles. The molecule has 28 heavy (non-hydrogen) atoms. The lowest BCUT2D eigenvalue weighted by Gasteiger charge is -2.22. The van der Waals surface area contributed by atoms with Crippen LogP contribution in [0.3, 0.4) is 0 Å². The van der Waals surface area contributed by atoms with E-state index in [9.17, 15) is 9.59 Å². The van der Waals surface area contributed by atoms with Gasteiger partial charge in [-0.25, -0.2) is 0 Å². The first-order valence-corrected chi connectivity index (χ1v) is 9.17. The van der Waals surface area contributed by atoms with Crippen LogP contribution >= 0.6 is 0 Å². The number of carbonyl (C=O) groups excluding carboxylic acids is 2. The van der Waals surface area contributed by atoms with Crippen LogP contribution in [0.15, 0.2) is 36.4 Å². The third kappa shape index (κ3) is 5.25. The van der Waals surface area contributed by atoms with Gasteiger partial charge in [0.25, 0.3) is 5.91 Å². The lowest BCUT2D eigenvalue weighted by atomic mass is 10.0.